The zero-order valence-corrected chi connectivity index (χ0v) is 12.5. The summed E-state index contributed by atoms with van der Waals surface area (Å²) in [6.45, 7) is 4.34. The van der Waals surface area contributed by atoms with E-state index in [0.717, 1.165) is 0 Å². The molecule has 0 aromatic rings. The van der Waals surface area contributed by atoms with Gasteiger partial charge >= 0.3 is 5.97 Å². The minimum atomic E-state index is -1.08. The number of carboxylic acids is 1. The van der Waals surface area contributed by atoms with Gasteiger partial charge in [-0.05, 0) is 36.8 Å². The van der Waals surface area contributed by atoms with Gasteiger partial charge < -0.3 is 16.2 Å². The topological polar surface area (TPSA) is 153 Å². The molecule has 0 aliphatic rings. The first-order chi connectivity index (χ1) is 9.88. The SMILES string of the molecule is CC(C)C[C@H](N)C(=O)N[C@@H](CCCCNN=[N+]=[N-])C(=O)O. The molecule has 2 atom stereocenters. The molecular formula is C12H24N6O3. The Morgan fingerprint density at radius 3 is 2.57 bits per heavy atom. The van der Waals surface area contributed by atoms with Crippen LogP contribution in [-0.4, -0.2) is 35.6 Å². The third kappa shape index (κ3) is 9.53. The zero-order valence-electron chi connectivity index (χ0n) is 12.5. The minimum absolute atomic E-state index is 0.265. The summed E-state index contributed by atoms with van der Waals surface area (Å²) in [7, 11) is 0. The van der Waals surface area contributed by atoms with Gasteiger partial charge in [0.25, 0.3) is 0 Å². The molecule has 9 nitrogen and oxygen atoms in total. The zero-order chi connectivity index (χ0) is 16.3. The molecule has 9 heteroatoms. The van der Waals surface area contributed by atoms with Crippen LogP contribution in [0, 0.1) is 5.92 Å². The molecule has 0 aliphatic heterocycles. The Kier molecular flexibility index (Phi) is 9.74. The van der Waals surface area contributed by atoms with E-state index in [-0.39, 0.29) is 5.92 Å². The summed E-state index contributed by atoms with van der Waals surface area (Å²) < 4.78 is 0. The van der Waals surface area contributed by atoms with E-state index in [0.29, 0.717) is 32.2 Å². The molecule has 0 unspecified atom stereocenters. The van der Waals surface area contributed by atoms with E-state index < -0.39 is 24.0 Å². The Morgan fingerprint density at radius 2 is 2.05 bits per heavy atom. The molecule has 0 heterocycles. The first kappa shape index (κ1) is 19.0. The van der Waals surface area contributed by atoms with Gasteiger partial charge in [-0.25, -0.2) is 4.79 Å². The lowest BCUT2D eigenvalue weighted by atomic mass is 10.0. The number of carboxylic acid groups (broad SMARTS) is 1. The van der Waals surface area contributed by atoms with Gasteiger partial charge in [0.2, 0.25) is 5.91 Å². The lowest BCUT2D eigenvalue weighted by Gasteiger charge is -2.18. The smallest absolute Gasteiger partial charge is 0.326 e. The van der Waals surface area contributed by atoms with Gasteiger partial charge in [0, 0.05) is 0 Å². The lowest BCUT2D eigenvalue weighted by molar-refractivity contribution is -0.142. The summed E-state index contributed by atoms with van der Waals surface area (Å²) >= 11 is 0. The van der Waals surface area contributed by atoms with Crippen molar-refractivity contribution in [1.82, 2.24) is 10.7 Å². The molecule has 0 aliphatic carbocycles. The molecular weight excluding hydrogens is 276 g/mol. The maximum atomic E-state index is 11.8. The summed E-state index contributed by atoms with van der Waals surface area (Å²) in [6.07, 6.45) is 2.02. The van der Waals surface area contributed by atoms with E-state index in [1.807, 2.05) is 13.8 Å². The van der Waals surface area contributed by atoms with Crippen LogP contribution < -0.4 is 16.5 Å². The fourth-order valence-corrected chi connectivity index (χ4v) is 1.79. The number of rotatable bonds is 11. The predicted octanol–water partition coefficient (Wildman–Crippen LogP) is 0.914. The van der Waals surface area contributed by atoms with E-state index in [1.165, 1.54) is 0 Å². The van der Waals surface area contributed by atoms with Gasteiger partial charge in [-0.3, -0.25) is 10.2 Å². The van der Waals surface area contributed by atoms with Gasteiger partial charge in [-0.1, -0.05) is 13.8 Å². The van der Waals surface area contributed by atoms with Gasteiger partial charge in [-0.15, -0.1) is 5.53 Å². The molecule has 0 saturated carbocycles. The highest BCUT2D eigenvalue weighted by Gasteiger charge is 2.23. The van der Waals surface area contributed by atoms with E-state index in [9.17, 15) is 9.59 Å². The molecule has 0 aromatic carbocycles. The van der Waals surface area contributed by atoms with Crippen LogP contribution in [0.1, 0.15) is 39.5 Å². The maximum absolute atomic E-state index is 11.8. The van der Waals surface area contributed by atoms with E-state index in [4.69, 9.17) is 16.4 Å². The Bertz CT molecular complexity index is 381. The second-order valence-electron chi connectivity index (χ2n) is 5.23. The fourth-order valence-electron chi connectivity index (χ4n) is 1.79. The van der Waals surface area contributed by atoms with Gasteiger partial charge in [0.05, 0.1) is 12.6 Å². The van der Waals surface area contributed by atoms with Crippen molar-refractivity contribution in [2.75, 3.05) is 6.54 Å². The first-order valence-electron chi connectivity index (χ1n) is 6.94. The lowest BCUT2D eigenvalue weighted by Crippen LogP contribution is -2.48. The number of hydrogen-bond donors (Lipinski definition) is 4. The van der Waals surface area contributed by atoms with Crippen molar-refractivity contribution >= 4 is 11.9 Å². The minimum Gasteiger partial charge on any atom is -0.480 e. The molecule has 21 heavy (non-hydrogen) atoms. The highest BCUT2D eigenvalue weighted by atomic mass is 16.4. The van der Waals surface area contributed by atoms with Crippen LogP contribution in [0.4, 0.5) is 0 Å². The van der Waals surface area contributed by atoms with E-state index in [2.05, 4.69) is 20.9 Å². The molecule has 1 amide bonds. The molecule has 0 rings (SSSR count). The molecule has 0 radical (unpaired) electrons. The molecule has 5 N–H and O–H groups in total. The second kappa shape index (κ2) is 10.8. The maximum Gasteiger partial charge on any atom is 0.326 e. The van der Waals surface area contributed by atoms with Crippen LogP contribution >= 0.6 is 0 Å². The van der Waals surface area contributed by atoms with Crippen molar-refractivity contribution < 1.29 is 14.7 Å². The highest BCUT2D eigenvalue weighted by molar-refractivity contribution is 5.86. The van der Waals surface area contributed by atoms with Crippen molar-refractivity contribution in [1.29, 1.82) is 0 Å². The Labute approximate surface area is 123 Å². The van der Waals surface area contributed by atoms with Gasteiger partial charge in [0.15, 0.2) is 0 Å². The van der Waals surface area contributed by atoms with Crippen molar-refractivity contribution in [2.45, 2.75) is 51.6 Å². The van der Waals surface area contributed by atoms with Crippen molar-refractivity contribution in [3.8, 4) is 0 Å². The summed E-state index contributed by atoms with van der Waals surface area (Å²) in [5.74, 6) is -1.26. The molecule has 0 bridgehead atoms. The monoisotopic (exact) mass is 300 g/mol. The average Bonchev–Trinajstić information content (AvgIpc) is 2.39. The fraction of sp³-hybridized carbons (Fsp3) is 0.833. The number of nitrogens with zero attached hydrogens (tertiary/aromatic N) is 3. The summed E-state index contributed by atoms with van der Waals surface area (Å²) in [5.41, 5.74) is 16.2. The number of hydrogen-bond acceptors (Lipinski definition) is 4. The number of nitrogens with one attached hydrogen (secondary N) is 2. The van der Waals surface area contributed by atoms with Crippen LogP contribution in [0.5, 0.6) is 0 Å². The summed E-state index contributed by atoms with van der Waals surface area (Å²) in [5, 5.41) is 14.7. The number of azide groups is 1. The molecule has 0 aromatic heterocycles. The number of carbonyl (C=O) groups is 2. The summed E-state index contributed by atoms with van der Waals surface area (Å²) in [6, 6.07) is -1.64. The molecule has 0 fully saturated rings. The molecule has 0 saturated heterocycles. The van der Waals surface area contributed by atoms with Crippen molar-refractivity contribution in [3.63, 3.8) is 0 Å². The van der Waals surface area contributed by atoms with E-state index >= 15 is 0 Å². The third-order valence-corrected chi connectivity index (χ3v) is 2.82. The quantitative estimate of drug-likeness (QED) is 0.147. The Hall–Kier alpha value is -1.99. The standard InChI is InChI=1S/C12H24N6O3/c1-8(2)7-9(13)11(19)16-10(12(20)21)5-3-4-6-15-18-17-14/h8-10,15H,3-7,13H2,1-2H3,(H,16,19)(H,20,21)/t9-,10-/m0/s1. The van der Waals surface area contributed by atoms with Crippen LogP contribution in [0.15, 0.2) is 5.22 Å². The predicted molar refractivity (Wildman–Crippen MR) is 78.0 cm³/mol. The normalized spacial score (nSPS) is 13.1. The van der Waals surface area contributed by atoms with E-state index in [1.54, 1.807) is 0 Å². The van der Waals surface area contributed by atoms with Crippen LogP contribution in [0.2, 0.25) is 0 Å². The number of aliphatic carboxylic acids is 1. The third-order valence-electron chi connectivity index (χ3n) is 2.82. The first-order valence-corrected chi connectivity index (χ1v) is 6.94. The van der Waals surface area contributed by atoms with Crippen LogP contribution in [0.3, 0.4) is 0 Å². The number of nitrogens with two attached hydrogens (primary N) is 1. The Morgan fingerprint density at radius 1 is 1.38 bits per heavy atom. The molecule has 120 valence electrons. The largest absolute Gasteiger partial charge is 0.480 e. The number of amides is 1. The average molecular weight is 300 g/mol. The highest BCUT2D eigenvalue weighted by Crippen LogP contribution is 2.05. The van der Waals surface area contributed by atoms with Crippen molar-refractivity contribution in [3.05, 3.63) is 10.4 Å². The van der Waals surface area contributed by atoms with Crippen molar-refractivity contribution in [2.24, 2.45) is 16.9 Å². The number of carbonyl (C=O) groups excluding carboxylic acids is 1. The second-order valence-corrected chi connectivity index (χ2v) is 5.23. The number of unbranched alkanes of at least 4 members (excludes halogenated alkanes) is 1. The molecule has 0 spiro atoms. The van der Waals surface area contributed by atoms with Crippen LogP contribution in [-0.2, 0) is 9.59 Å². The Balaban J connectivity index is 4.15. The van der Waals surface area contributed by atoms with Crippen LogP contribution in [0.25, 0.3) is 10.4 Å². The summed E-state index contributed by atoms with van der Waals surface area (Å²) in [4.78, 5) is 25.4. The van der Waals surface area contributed by atoms with Gasteiger partial charge in [0.1, 0.15) is 6.04 Å². The van der Waals surface area contributed by atoms with Gasteiger partial charge in [-0.2, -0.15) is 4.91 Å².